The van der Waals surface area contributed by atoms with Gasteiger partial charge in [-0.05, 0) is 55.5 Å². The molecule has 0 saturated heterocycles. The zero-order valence-electron chi connectivity index (χ0n) is 16.3. The Morgan fingerprint density at radius 1 is 1.19 bits per heavy atom. The standard InChI is InChI=1S/C22H26N2O3/c1-5-16-8-7-9-17(6-2)21(16)23-22(26)15(4)24-18-12-14(3)10-11-19(18)27-13-20(24)25/h7-12,15H,5-6,13H2,1-4H3,(H,23,26). The molecule has 0 aromatic heterocycles. The Balaban J connectivity index is 1.91. The summed E-state index contributed by atoms with van der Waals surface area (Å²) in [6.45, 7) is 7.79. The van der Waals surface area contributed by atoms with Crippen molar-refractivity contribution in [1.29, 1.82) is 0 Å². The molecule has 1 unspecified atom stereocenters. The van der Waals surface area contributed by atoms with Crippen molar-refractivity contribution in [3.05, 3.63) is 53.1 Å². The molecule has 1 atom stereocenters. The summed E-state index contributed by atoms with van der Waals surface area (Å²) < 4.78 is 5.52. The molecular weight excluding hydrogens is 340 g/mol. The fourth-order valence-electron chi connectivity index (χ4n) is 3.45. The van der Waals surface area contributed by atoms with Crippen LogP contribution in [-0.2, 0) is 22.4 Å². The van der Waals surface area contributed by atoms with Gasteiger partial charge < -0.3 is 10.1 Å². The lowest BCUT2D eigenvalue weighted by atomic mass is 10.0. The van der Waals surface area contributed by atoms with Crippen molar-refractivity contribution in [2.75, 3.05) is 16.8 Å². The molecule has 1 aliphatic heterocycles. The third-order valence-corrected chi connectivity index (χ3v) is 5.01. The van der Waals surface area contributed by atoms with Crippen molar-refractivity contribution in [2.24, 2.45) is 0 Å². The average molecular weight is 366 g/mol. The lowest BCUT2D eigenvalue weighted by Crippen LogP contribution is -2.49. The molecule has 5 nitrogen and oxygen atoms in total. The van der Waals surface area contributed by atoms with E-state index in [0.29, 0.717) is 11.4 Å². The van der Waals surface area contributed by atoms with Crippen LogP contribution in [0.15, 0.2) is 36.4 Å². The van der Waals surface area contributed by atoms with Gasteiger partial charge in [0.05, 0.1) is 5.69 Å². The van der Waals surface area contributed by atoms with Crippen LogP contribution in [0.2, 0.25) is 0 Å². The van der Waals surface area contributed by atoms with Crippen LogP contribution in [0.5, 0.6) is 5.75 Å². The number of fused-ring (bicyclic) bond motifs is 1. The number of hydrogen-bond acceptors (Lipinski definition) is 3. The first-order chi connectivity index (χ1) is 13.0. The van der Waals surface area contributed by atoms with Gasteiger partial charge in [0.25, 0.3) is 5.91 Å². The first-order valence-electron chi connectivity index (χ1n) is 9.43. The molecule has 27 heavy (non-hydrogen) atoms. The van der Waals surface area contributed by atoms with Gasteiger partial charge in [-0.3, -0.25) is 14.5 Å². The average Bonchev–Trinajstić information content (AvgIpc) is 2.67. The van der Waals surface area contributed by atoms with Crippen LogP contribution >= 0.6 is 0 Å². The van der Waals surface area contributed by atoms with Gasteiger partial charge in [0.1, 0.15) is 11.8 Å². The minimum atomic E-state index is -0.642. The van der Waals surface area contributed by atoms with Crippen molar-refractivity contribution in [3.63, 3.8) is 0 Å². The third kappa shape index (κ3) is 3.68. The molecule has 0 bridgehead atoms. The minimum absolute atomic E-state index is 0.0561. The number of nitrogens with zero attached hydrogens (tertiary/aromatic N) is 1. The maximum atomic E-state index is 13.0. The van der Waals surface area contributed by atoms with E-state index in [9.17, 15) is 9.59 Å². The van der Waals surface area contributed by atoms with E-state index in [-0.39, 0.29) is 18.4 Å². The van der Waals surface area contributed by atoms with Crippen molar-refractivity contribution in [1.82, 2.24) is 0 Å². The summed E-state index contributed by atoms with van der Waals surface area (Å²) in [5.41, 5.74) is 4.71. The number of carbonyl (C=O) groups is 2. The van der Waals surface area contributed by atoms with Crippen LogP contribution in [-0.4, -0.2) is 24.5 Å². The van der Waals surface area contributed by atoms with E-state index in [1.54, 1.807) is 11.8 Å². The highest BCUT2D eigenvalue weighted by Crippen LogP contribution is 2.34. The van der Waals surface area contributed by atoms with Crippen LogP contribution < -0.4 is 15.0 Å². The summed E-state index contributed by atoms with van der Waals surface area (Å²) in [4.78, 5) is 27.1. The van der Waals surface area contributed by atoms with Gasteiger partial charge in [-0.2, -0.15) is 0 Å². The van der Waals surface area contributed by atoms with Gasteiger partial charge in [-0.1, -0.05) is 38.1 Å². The topological polar surface area (TPSA) is 58.6 Å². The Morgan fingerprint density at radius 3 is 2.48 bits per heavy atom. The van der Waals surface area contributed by atoms with E-state index in [1.807, 2.05) is 43.3 Å². The fourth-order valence-corrected chi connectivity index (χ4v) is 3.45. The zero-order chi connectivity index (χ0) is 19.6. The molecule has 1 heterocycles. The highest BCUT2D eigenvalue weighted by molar-refractivity contribution is 6.07. The molecule has 0 fully saturated rings. The maximum Gasteiger partial charge on any atom is 0.265 e. The van der Waals surface area contributed by atoms with E-state index in [4.69, 9.17) is 4.74 Å². The van der Waals surface area contributed by atoms with Crippen molar-refractivity contribution in [2.45, 2.75) is 46.6 Å². The van der Waals surface area contributed by atoms with E-state index in [0.717, 1.165) is 35.2 Å². The van der Waals surface area contributed by atoms with Gasteiger partial charge in [0, 0.05) is 5.69 Å². The second-order valence-corrected chi connectivity index (χ2v) is 6.85. The van der Waals surface area contributed by atoms with E-state index < -0.39 is 6.04 Å². The Kier molecular flexibility index (Phi) is 5.49. The predicted octanol–water partition coefficient (Wildman–Crippen LogP) is 3.87. The SMILES string of the molecule is CCc1cccc(CC)c1NC(=O)C(C)N1C(=O)COc2ccc(C)cc21. The van der Waals surface area contributed by atoms with Crippen molar-refractivity contribution in [3.8, 4) is 5.75 Å². The second kappa shape index (κ2) is 7.82. The van der Waals surface area contributed by atoms with Crippen LogP contribution in [0.4, 0.5) is 11.4 Å². The quantitative estimate of drug-likeness (QED) is 0.874. The fraction of sp³-hybridized carbons (Fsp3) is 0.364. The van der Waals surface area contributed by atoms with Crippen LogP contribution in [0.25, 0.3) is 0 Å². The predicted molar refractivity (Wildman–Crippen MR) is 107 cm³/mol. The molecule has 2 aromatic carbocycles. The molecule has 0 radical (unpaired) electrons. The number of ether oxygens (including phenoxy) is 1. The van der Waals surface area contributed by atoms with E-state index >= 15 is 0 Å². The van der Waals surface area contributed by atoms with Gasteiger partial charge >= 0.3 is 0 Å². The molecule has 0 saturated carbocycles. The zero-order valence-corrected chi connectivity index (χ0v) is 16.3. The molecule has 2 amide bonds. The number of para-hydroxylation sites is 1. The molecular formula is C22H26N2O3. The summed E-state index contributed by atoms with van der Waals surface area (Å²) >= 11 is 0. The normalized spacial score (nSPS) is 14.4. The van der Waals surface area contributed by atoms with Crippen molar-refractivity contribution >= 4 is 23.2 Å². The minimum Gasteiger partial charge on any atom is -0.482 e. The monoisotopic (exact) mass is 366 g/mol. The third-order valence-electron chi connectivity index (χ3n) is 5.01. The summed E-state index contributed by atoms with van der Waals surface area (Å²) in [5.74, 6) is 0.214. The number of hydrogen-bond donors (Lipinski definition) is 1. The molecule has 0 aliphatic carbocycles. The number of rotatable bonds is 5. The van der Waals surface area contributed by atoms with Crippen LogP contribution in [0, 0.1) is 6.92 Å². The van der Waals surface area contributed by atoms with Gasteiger partial charge in [0.2, 0.25) is 5.91 Å². The summed E-state index contributed by atoms with van der Waals surface area (Å²) in [5, 5.41) is 3.07. The highest BCUT2D eigenvalue weighted by atomic mass is 16.5. The Bertz CT molecular complexity index is 854. The number of aryl methyl sites for hydroxylation is 3. The molecule has 1 N–H and O–H groups in total. The number of benzene rings is 2. The maximum absolute atomic E-state index is 13.0. The molecule has 3 rings (SSSR count). The lowest BCUT2D eigenvalue weighted by Gasteiger charge is -2.33. The molecule has 142 valence electrons. The van der Waals surface area contributed by atoms with Crippen LogP contribution in [0.1, 0.15) is 37.5 Å². The Labute approximate surface area is 160 Å². The molecule has 2 aromatic rings. The Morgan fingerprint density at radius 2 is 1.85 bits per heavy atom. The number of anilines is 2. The molecule has 5 heteroatoms. The lowest BCUT2D eigenvalue weighted by molar-refractivity contribution is -0.125. The molecule has 0 spiro atoms. The summed E-state index contributed by atoms with van der Waals surface area (Å²) in [7, 11) is 0. The van der Waals surface area contributed by atoms with Crippen molar-refractivity contribution < 1.29 is 14.3 Å². The smallest absolute Gasteiger partial charge is 0.265 e. The second-order valence-electron chi connectivity index (χ2n) is 6.85. The summed E-state index contributed by atoms with van der Waals surface area (Å²) in [6.07, 6.45) is 1.66. The van der Waals surface area contributed by atoms with E-state index in [1.165, 1.54) is 0 Å². The van der Waals surface area contributed by atoms with Gasteiger partial charge in [0.15, 0.2) is 6.61 Å². The van der Waals surface area contributed by atoms with E-state index in [2.05, 4.69) is 19.2 Å². The first kappa shape index (κ1) is 19.0. The van der Waals surface area contributed by atoms with Gasteiger partial charge in [-0.15, -0.1) is 0 Å². The Hall–Kier alpha value is -2.82. The number of carbonyl (C=O) groups excluding carboxylic acids is 2. The highest BCUT2D eigenvalue weighted by Gasteiger charge is 2.33. The van der Waals surface area contributed by atoms with Crippen LogP contribution in [0.3, 0.4) is 0 Å². The molecule has 1 aliphatic rings. The number of nitrogens with one attached hydrogen (secondary N) is 1. The number of amides is 2. The van der Waals surface area contributed by atoms with Gasteiger partial charge in [-0.25, -0.2) is 0 Å². The first-order valence-corrected chi connectivity index (χ1v) is 9.43. The largest absolute Gasteiger partial charge is 0.482 e. The summed E-state index contributed by atoms with van der Waals surface area (Å²) in [6, 6.07) is 11.1.